The summed E-state index contributed by atoms with van der Waals surface area (Å²) < 4.78 is 20.6. The maximum atomic E-state index is 15.1. The first-order valence-corrected chi connectivity index (χ1v) is 14.6. The Morgan fingerprint density at radius 2 is 1.65 bits per heavy atom. The molecule has 11 heteroatoms. The molecule has 0 spiro atoms. The third kappa shape index (κ3) is 7.33. The van der Waals surface area contributed by atoms with Crippen molar-refractivity contribution in [2.24, 2.45) is 0 Å². The van der Waals surface area contributed by atoms with Crippen molar-refractivity contribution < 1.29 is 23.5 Å². The fourth-order valence-corrected chi connectivity index (χ4v) is 5.24. The molecule has 1 aliphatic heterocycles. The molecule has 1 saturated heterocycles. The van der Waals surface area contributed by atoms with Gasteiger partial charge < -0.3 is 19.4 Å². The van der Waals surface area contributed by atoms with E-state index in [1.54, 1.807) is 36.5 Å². The highest BCUT2D eigenvalue weighted by atomic mass is 19.1. The zero-order chi connectivity index (χ0) is 30.7. The molecule has 0 atom stereocenters. The number of benzene rings is 1. The van der Waals surface area contributed by atoms with E-state index in [4.69, 9.17) is 4.74 Å². The van der Waals surface area contributed by atoms with Gasteiger partial charge in [0.15, 0.2) is 5.82 Å². The summed E-state index contributed by atoms with van der Waals surface area (Å²) in [5.41, 5.74) is 0.981. The van der Waals surface area contributed by atoms with E-state index in [0.717, 1.165) is 18.4 Å². The standard InChI is InChI=1S/C32H37FN6O4/c1-32(2,3)43-31(42)38-14-11-25(12-15-38)39(24-8-9-24)29(40)23-18-35-28(36-19-23)22-7-10-26(27(33)16-22)30(41)37(4)20-21-6-5-13-34-17-21/h5-7,10,13,16-19,24-25H,8-9,11-12,14-15,20H2,1-4H3. The van der Waals surface area contributed by atoms with Crippen molar-refractivity contribution in [1.82, 2.24) is 29.7 Å². The van der Waals surface area contributed by atoms with Crippen molar-refractivity contribution in [3.63, 3.8) is 0 Å². The molecule has 3 amide bonds. The molecule has 3 heterocycles. The van der Waals surface area contributed by atoms with Gasteiger partial charge in [0.05, 0.1) is 11.1 Å². The third-order valence-corrected chi connectivity index (χ3v) is 7.53. The second kappa shape index (κ2) is 12.4. The molecule has 10 nitrogen and oxygen atoms in total. The number of hydrogen-bond acceptors (Lipinski definition) is 7. The maximum Gasteiger partial charge on any atom is 0.410 e. The lowest BCUT2D eigenvalue weighted by atomic mass is 10.0. The van der Waals surface area contributed by atoms with Gasteiger partial charge >= 0.3 is 6.09 Å². The average molecular weight is 589 g/mol. The first kappa shape index (κ1) is 30.1. The summed E-state index contributed by atoms with van der Waals surface area (Å²) in [5, 5.41) is 0. The van der Waals surface area contributed by atoms with Crippen molar-refractivity contribution in [2.45, 2.75) is 70.7 Å². The molecule has 0 radical (unpaired) electrons. The lowest BCUT2D eigenvalue weighted by Crippen LogP contribution is -2.50. The van der Waals surface area contributed by atoms with Crippen LogP contribution in [0.25, 0.3) is 11.4 Å². The van der Waals surface area contributed by atoms with Gasteiger partial charge in [-0.2, -0.15) is 0 Å². The van der Waals surface area contributed by atoms with Crippen LogP contribution in [-0.2, 0) is 11.3 Å². The van der Waals surface area contributed by atoms with Crippen LogP contribution in [0, 0.1) is 5.82 Å². The molecule has 43 heavy (non-hydrogen) atoms. The summed E-state index contributed by atoms with van der Waals surface area (Å²) in [7, 11) is 1.61. The van der Waals surface area contributed by atoms with Crippen LogP contribution in [0.4, 0.5) is 9.18 Å². The Hall–Kier alpha value is -4.41. The predicted molar refractivity (Wildman–Crippen MR) is 157 cm³/mol. The van der Waals surface area contributed by atoms with Gasteiger partial charge in [-0.1, -0.05) is 12.1 Å². The van der Waals surface area contributed by atoms with Crippen LogP contribution in [0.2, 0.25) is 0 Å². The number of ether oxygens (including phenoxy) is 1. The smallest absolute Gasteiger partial charge is 0.410 e. The Labute approximate surface area is 250 Å². The van der Waals surface area contributed by atoms with Gasteiger partial charge in [0.2, 0.25) is 0 Å². The Balaban J connectivity index is 1.23. The van der Waals surface area contributed by atoms with E-state index < -0.39 is 17.3 Å². The highest BCUT2D eigenvalue weighted by Crippen LogP contribution is 2.33. The van der Waals surface area contributed by atoms with Crippen LogP contribution in [0.1, 0.15) is 72.7 Å². The van der Waals surface area contributed by atoms with Gasteiger partial charge in [-0.25, -0.2) is 19.2 Å². The van der Waals surface area contributed by atoms with Crippen molar-refractivity contribution >= 4 is 17.9 Å². The summed E-state index contributed by atoms with van der Waals surface area (Å²) in [6, 6.07) is 8.06. The summed E-state index contributed by atoms with van der Waals surface area (Å²) >= 11 is 0. The van der Waals surface area contributed by atoms with E-state index in [1.165, 1.54) is 29.4 Å². The van der Waals surface area contributed by atoms with Crippen LogP contribution >= 0.6 is 0 Å². The Morgan fingerprint density at radius 3 is 2.23 bits per heavy atom. The number of carbonyl (C=O) groups excluding carboxylic acids is 3. The number of pyridine rings is 1. The number of rotatable bonds is 7. The summed E-state index contributed by atoms with van der Waals surface area (Å²) in [6.45, 7) is 6.87. The first-order valence-electron chi connectivity index (χ1n) is 14.6. The van der Waals surface area contributed by atoms with Crippen molar-refractivity contribution in [2.75, 3.05) is 20.1 Å². The second-order valence-electron chi connectivity index (χ2n) is 12.2. The van der Waals surface area contributed by atoms with E-state index in [1.807, 2.05) is 31.7 Å². The fraction of sp³-hybridized carbons (Fsp3) is 0.438. The summed E-state index contributed by atoms with van der Waals surface area (Å²) in [6.07, 6.45) is 9.14. The molecule has 3 aromatic rings. The van der Waals surface area contributed by atoms with Crippen LogP contribution in [0.5, 0.6) is 0 Å². The molecular weight excluding hydrogens is 551 g/mol. The number of aromatic nitrogens is 3. The SMILES string of the molecule is CN(Cc1cccnc1)C(=O)c1ccc(-c2ncc(C(=O)N(C3CC3)C3CCN(C(=O)OC(C)(C)C)CC3)cn2)cc1F. The number of nitrogens with zero attached hydrogens (tertiary/aromatic N) is 6. The van der Waals surface area contributed by atoms with Crippen LogP contribution in [0.15, 0.2) is 55.1 Å². The van der Waals surface area contributed by atoms with Crippen molar-refractivity contribution in [3.05, 3.63) is 77.6 Å². The van der Waals surface area contributed by atoms with E-state index in [9.17, 15) is 14.4 Å². The van der Waals surface area contributed by atoms with E-state index in [0.29, 0.717) is 43.6 Å². The molecule has 0 N–H and O–H groups in total. The summed E-state index contributed by atoms with van der Waals surface area (Å²) in [4.78, 5) is 56.7. The molecule has 1 aromatic carbocycles. The second-order valence-corrected chi connectivity index (χ2v) is 12.2. The lowest BCUT2D eigenvalue weighted by Gasteiger charge is -2.39. The molecule has 2 aliphatic rings. The molecule has 2 fully saturated rings. The third-order valence-electron chi connectivity index (χ3n) is 7.53. The molecule has 2 aromatic heterocycles. The topological polar surface area (TPSA) is 109 Å². The quantitative estimate of drug-likeness (QED) is 0.384. The normalized spacial score (nSPS) is 15.6. The number of hydrogen-bond donors (Lipinski definition) is 0. The Kier molecular flexibility index (Phi) is 8.70. The van der Waals surface area contributed by atoms with Crippen molar-refractivity contribution in [1.29, 1.82) is 0 Å². The molecule has 5 rings (SSSR count). The molecule has 0 bridgehead atoms. The number of carbonyl (C=O) groups is 3. The number of amides is 3. The van der Waals surface area contributed by atoms with Gasteiger partial charge in [0.25, 0.3) is 11.8 Å². The van der Waals surface area contributed by atoms with E-state index in [-0.39, 0.29) is 35.5 Å². The number of piperidine rings is 1. The summed E-state index contributed by atoms with van der Waals surface area (Å²) in [5.74, 6) is -1.02. The molecule has 0 unspecified atom stereocenters. The molecular formula is C32H37FN6O4. The highest BCUT2D eigenvalue weighted by molar-refractivity contribution is 5.95. The zero-order valence-electron chi connectivity index (χ0n) is 25.0. The van der Waals surface area contributed by atoms with Crippen LogP contribution in [0.3, 0.4) is 0 Å². The van der Waals surface area contributed by atoms with Gasteiger partial charge in [-0.3, -0.25) is 14.6 Å². The molecule has 1 saturated carbocycles. The molecule has 1 aliphatic carbocycles. The largest absolute Gasteiger partial charge is 0.444 e. The molecule has 226 valence electrons. The predicted octanol–water partition coefficient (Wildman–Crippen LogP) is 4.95. The van der Waals surface area contributed by atoms with Gasteiger partial charge in [-0.05, 0) is 70.2 Å². The van der Waals surface area contributed by atoms with E-state index >= 15 is 4.39 Å². The van der Waals surface area contributed by atoms with Crippen LogP contribution in [-0.4, -0.2) is 85.4 Å². The fourth-order valence-electron chi connectivity index (χ4n) is 5.24. The Morgan fingerprint density at radius 1 is 0.977 bits per heavy atom. The Bertz CT molecular complexity index is 1470. The number of likely N-dealkylation sites (tertiary alicyclic amines) is 1. The minimum absolute atomic E-state index is 0.00817. The van der Waals surface area contributed by atoms with Gasteiger partial charge in [0.1, 0.15) is 11.4 Å². The average Bonchev–Trinajstić information content (AvgIpc) is 3.82. The lowest BCUT2D eigenvalue weighted by molar-refractivity contribution is 0.0142. The number of halogens is 1. The van der Waals surface area contributed by atoms with E-state index in [2.05, 4.69) is 15.0 Å². The van der Waals surface area contributed by atoms with Crippen LogP contribution < -0.4 is 0 Å². The minimum atomic E-state index is -0.679. The monoisotopic (exact) mass is 588 g/mol. The van der Waals surface area contributed by atoms with Gasteiger partial charge in [-0.15, -0.1) is 0 Å². The van der Waals surface area contributed by atoms with Gasteiger partial charge in [0, 0.05) is 69.1 Å². The maximum absolute atomic E-state index is 15.1. The minimum Gasteiger partial charge on any atom is -0.444 e. The first-order chi connectivity index (χ1) is 20.5. The zero-order valence-corrected chi connectivity index (χ0v) is 25.0. The van der Waals surface area contributed by atoms with Crippen molar-refractivity contribution in [3.8, 4) is 11.4 Å². The highest BCUT2D eigenvalue weighted by Gasteiger charge is 2.40.